The molecule has 0 spiro atoms. The number of benzene rings is 1. The second kappa shape index (κ2) is 7.65. The van der Waals surface area contributed by atoms with Crippen LogP contribution in [0.3, 0.4) is 0 Å². The molecule has 0 bridgehead atoms. The summed E-state index contributed by atoms with van der Waals surface area (Å²) >= 11 is 0. The van der Waals surface area contributed by atoms with Crippen molar-refractivity contribution in [3.05, 3.63) is 29.8 Å². The number of carboxylic acids is 1. The lowest BCUT2D eigenvalue weighted by Crippen LogP contribution is -2.42. The van der Waals surface area contributed by atoms with Crippen molar-refractivity contribution < 1.29 is 23.1 Å². The Labute approximate surface area is 153 Å². The molecule has 1 aromatic rings. The molecular formula is C18H24N2O5S. The molecule has 2 N–H and O–H groups in total. The van der Waals surface area contributed by atoms with Crippen molar-refractivity contribution in [2.45, 2.75) is 44.6 Å². The van der Waals surface area contributed by atoms with Gasteiger partial charge in [0.2, 0.25) is 10.0 Å². The van der Waals surface area contributed by atoms with E-state index in [1.165, 1.54) is 4.31 Å². The molecule has 2 fully saturated rings. The normalized spacial score (nSPS) is 25.5. The molecule has 1 aliphatic heterocycles. The molecule has 7 nitrogen and oxygen atoms in total. The number of nitrogens with one attached hydrogen (secondary N) is 1. The second-order valence-corrected chi connectivity index (χ2v) is 8.97. The Kier molecular flexibility index (Phi) is 5.50. The zero-order valence-electron chi connectivity index (χ0n) is 14.6. The van der Waals surface area contributed by atoms with Gasteiger partial charge in [-0.2, -0.15) is 0 Å². The summed E-state index contributed by atoms with van der Waals surface area (Å²) in [4.78, 5) is 24.2. The van der Waals surface area contributed by atoms with Gasteiger partial charge in [0.25, 0.3) is 5.91 Å². The van der Waals surface area contributed by atoms with Gasteiger partial charge in [0.15, 0.2) is 0 Å². The summed E-state index contributed by atoms with van der Waals surface area (Å²) < 4.78 is 25.5. The van der Waals surface area contributed by atoms with E-state index in [1.807, 2.05) is 0 Å². The van der Waals surface area contributed by atoms with Crippen LogP contribution in [-0.2, 0) is 14.8 Å². The van der Waals surface area contributed by atoms with Crippen molar-refractivity contribution in [1.29, 1.82) is 0 Å². The third kappa shape index (κ3) is 4.00. The Morgan fingerprint density at radius 2 is 1.88 bits per heavy atom. The van der Waals surface area contributed by atoms with E-state index < -0.39 is 28.0 Å². The van der Waals surface area contributed by atoms with E-state index in [9.17, 15) is 23.1 Å². The molecule has 0 radical (unpaired) electrons. The van der Waals surface area contributed by atoms with Crippen molar-refractivity contribution in [1.82, 2.24) is 5.32 Å². The van der Waals surface area contributed by atoms with Crippen LogP contribution in [0.15, 0.2) is 24.3 Å². The highest BCUT2D eigenvalue weighted by Gasteiger charge is 2.32. The lowest BCUT2D eigenvalue weighted by Gasteiger charge is -2.23. The van der Waals surface area contributed by atoms with E-state index in [1.54, 1.807) is 24.3 Å². The van der Waals surface area contributed by atoms with Gasteiger partial charge in [-0.05, 0) is 37.5 Å². The number of rotatable bonds is 4. The van der Waals surface area contributed by atoms with Gasteiger partial charge in [-0.1, -0.05) is 25.3 Å². The molecule has 1 saturated carbocycles. The SMILES string of the molecule is O=C(N[C@H]1CCCCC[C@H]1C(=O)O)c1cccc(N2CCCS2(=O)=O)c1. The minimum atomic E-state index is -3.31. The van der Waals surface area contributed by atoms with Crippen LogP contribution in [0, 0.1) is 5.92 Å². The topological polar surface area (TPSA) is 104 Å². The molecule has 26 heavy (non-hydrogen) atoms. The number of aliphatic carboxylic acids is 1. The van der Waals surface area contributed by atoms with Gasteiger partial charge >= 0.3 is 5.97 Å². The van der Waals surface area contributed by atoms with Gasteiger partial charge in [-0.25, -0.2) is 8.42 Å². The molecule has 1 aliphatic carbocycles. The highest BCUT2D eigenvalue weighted by Crippen LogP contribution is 2.26. The molecule has 8 heteroatoms. The summed E-state index contributed by atoms with van der Waals surface area (Å²) in [6.07, 6.45) is 4.49. The largest absolute Gasteiger partial charge is 0.481 e. The fraction of sp³-hybridized carbons (Fsp3) is 0.556. The van der Waals surface area contributed by atoms with Crippen LogP contribution in [0.4, 0.5) is 5.69 Å². The number of carbonyl (C=O) groups is 2. The summed E-state index contributed by atoms with van der Waals surface area (Å²) in [5.41, 5.74) is 0.823. The van der Waals surface area contributed by atoms with Crippen LogP contribution in [-0.4, -0.2) is 43.7 Å². The Bertz CT molecular complexity index is 793. The number of carbonyl (C=O) groups excluding carboxylic acids is 1. The molecule has 2 aliphatic rings. The molecule has 0 aromatic heterocycles. The first-order valence-electron chi connectivity index (χ1n) is 9.02. The first-order valence-corrected chi connectivity index (χ1v) is 10.6. The van der Waals surface area contributed by atoms with E-state index >= 15 is 0 Å². The van der Waals surface area contributed by atoms with Crippen molar-refractivity contribution >= 4 is 27.6 Å². The van der Waals surface area contributed by atoms with E-state index in [2.05, 4.69) is 5.32 Å². The van der Waals surface area contributed by atoms with Crippen LogP contribution in [0.25, 0.3) is 0 Å². The van der Waals surface area contributed by atoms with E-state index in [4.69, 9.17) is 0 Å². The zero-order chi connectivity index (χ0) is 18.7. The second-order valence-electron chi connectivity index (χ2n) is 6.95. The minimum absolute atomic E-state index is 0.117. The van der Waals surface area contributed by atoms with Crippen molar-refractivity contribution in [3.63, 3.8) is 0 Å². The maximum atomic E-state index is 12.6. The summed E-state index contributed by atoms with van der Waals surface area (Å²) in [5.74, 6) is -1.70. The Morgan fingerprint density at radius 1 is 1.12 bits per heavy atom. The quantitative estimate of drug-likeness (QED) is 0.778. The molecule has 1 aromatic carbocycles. The number of hydrogen-bond acceptors (Lipinski definition) is 4. The lowest BCUT2D eigenvalue weighted by molar-refractivity contribution is -0.142. The number of carboxylic acid groups (broad SMARTS) is 1. The average Bonchev–Trinajstić information content (AvgIpc) is 2.80. The third-order valence-corrected chi connectivity index (χ3v) is 7.01. The standard InChI is InChI=1S/C18H24N2O5S/c21-17(19-16-9-3-1-2-8-15(16)18(22)23)13-6-4-7-14(12-13)20-10-5-11-26(20,24)25/h4,6-7,12,15-16H,1-3,5,8-11H2,(H,19,21)(H,22,23)/t15-,16+/m1/s1. The van der Waals surface area contributed by atoms with Crippen molar-refractivity contribution in [2.75, 3.05) is 16.6 Å². The van der Waals surface area contributed by atoms with Gasteiger partial charge in [-0.15, -0.1) is 0 Å². The van der Waals surface area contributed by atoms with Crippen LogP contribution in [0.5, 0.6) is 0 Å². The number of anilines is 1. The summed E-state index contributed by atoms with van der Waals surface area (Å²) in [7, 11) is -3.31. The smallest absolute Gasteiger partial charge is 0.308 e. The summed E-state index contributed by atoms with van der Waals surface area (Å²) in [6.45, 7) is 0.414. The first-order chi connectivity index (χ1) is 12.4. The molecule has 2 atom stereocenters. The minimum Gasteiger partial charge on any atom is -0.481 e. The number of sulfonamides is 1. The maximum Gasteiger partial charge on any atom is 0.308 e. The third-order valence-electron chi connectivity index (χ3n) is 5.15. The number of nitrogens with zero attached hydrogens (tertiary/aromatic N) is 1. The van der Waals surface area contributed by atoms with E-state index in [-0.39, 0.29) is 11.7 Å². The van der Waals surface area contributed by atoms with Crippen LogP contribution in [0.1, 0.15) is 48.9 Å². The maximum absolute atomic E-state index is 12.6. The van der Waals surface area contributed by atoms with Crippen LogP contribution in [0.2, 0.25) is 0 Å². The number of hydrogen-bond donors (Lipinski definition) is 2. The van der Waals surface area contributed by atoms with Gasteiger partial charge in [0, 0.05) is 18.2 Å². The van der Waals surface area contributed by atoms with Gasteiger partial charge in [0.05, 0.1) is 17.4 Å². The highest BCUT2D eigenvalue weighted by molar-refractivity contribution is 7.93. The van der Waals surface area contributed by atoms with Crippen LogP contribution < -0.4 is 9.62 Å². The van der Waals surface area contributed by atoms with Gasteiger partial charge < -0.3 is 10.4 Å². The average molecular weight is 380 g/mol. The highest BCUT2D eigenvalue weighted by atomic mass is 32.2. The molecule has 142 valence electrons. The summed E-state index contributed by atoms with van der Waals surface area (Å²) in [5, 5.41) is 12.3. The first kappa shape index (κ1) is 18.7. The Morgan fingerprint density at radius 3 is 2.58 bits per heavy atom. The number of amides is 1. The predicted octanol–water partition coefficient (Wildman–Crippen LogP) is 1.99. The van der Waals surface area contributed by atoms with Gasteiger partial charge in [0.1, 0.15) is 0 Å². The monoisotopic (exact) mass is 380 g/mol. The fourth-order valence-electron chi connectivity index (χ4n) is 3.76. The van der Waals surface area contributed by atoms with E-state index in [0.29, 0.717) is 37.1 Å². The lowest BCUT2D eigenvalue weighted by atomic mass is 9.94. The molecule has 1 heterocycles. The van der Waals surface area contributed by atoms with E-state index in [0.717, 1.165) is 19.3 Å². The van der Waals surface area contributed by atoms with Crippen molar-refractivity contribution in [3.8, 4) is 0 Å². The zero-order valence-corrected chi connectivity index (χ0v) is 15.4. The molecule has 1 amide bonds. The molecule has 3 rings (SSSR count). The van der Waals surface area contributed by atoms with Crippen molar-refractivity contribution in [2.24, 2.45) is 5.92 Å². The molecule has 1 saturated heterocycles. The van der Waals surface area contributed by atoms with Gasteiger partial charge in [-0.3, -0.25) is 13.9 Å². The predicted molar refractivity (Wildman–Crippen MR) is 97.7 cm³/mol. The summed E-state index contributed by atoms with van der Waals surface area (Å²) in [6, 6.07) is 6.10. The molecule has 0 unspecified atom stereocenters. The van der Waals surface area contributed by atoms with Crippen LogP contribution >= 0.6 is 0 Å². The fourth-order valence-corrected chi connectivity index (χ4v) is 5.32. The molecular weight excluding hydrogens is 356 g/mol. The Balaban J connectivity index is 1.77. The Hall–Kier alpha value is -2.09.